The zero-order valence-corrected chi connectivity index (χ0v) is 16.6. The SMILES string of the molecule is O=C(NC1(Cc2ccccc2)CCN(Cc2ccccc2)CC1)N1CCCC1. The Kier molecular flexibility index (Phi) is 5.96. The van der Waals surface area contributed by atoms with Crippen molar-refractivity contribution in [3.05, 3.63) is 71.8 Å². The molecule has 148 valence electrons. The molecule has 0 aromatic heterocycles. The maximum atomic E-state index is 12.9. The monoisotopic (exact) mass is 377 g/mol. The molecule has 4 nitrogen and oxygen atoms in total. The fraction of sp³-hybridized carbons (Fsp3) is 0.458. The average molecular weight is 378 g/mol. The van der Waals surface area contributed by atoms with Gasteiger partial charge >= 0.3 is 6.03 Å². The molecule has 2 fully saturated rings. The minimum Gasteiger partial charge on any atom is -0.332 e. The molecule has 28 heavy (non-hydrogen) atoms. The summed E-state index contributed by atoms with van der Waals surface area (Å²) in [6, 6.07) is 21.4. The van der Waals surface area contributed by atoms with E-state index >= 15 is 0 Å². The molecule has 0 saturated carbocycles. The number of carbonyl (C=O) groups excluding carboxylic acids is 1. The van der Waals surface area contributed by atoms with Crippen molar-refractivity contribution >= 4 is 6.03 Å². The summed E-state index contributed by atoms with van der Waals surface area (Å²) < 4.78 is 0. The van der Waals surface area contributed by atoms with Crippen molar-refractivity contribution in [1.29, 1.82) is 0 Å². The Morgan fingerprint density at radius 2 is 1.39 bits per heavy atom. The quantitative estimate of drug-likeness (QED) is 0.853. The van der Waals surface area contributed by atoms with Crippen LogP contribution in [0.1, 0.15) is 36.8 Å². The Balaban J connectivity index is 1.44. The molecule has 2 aromatic carbocycles. The number of piperidine rings is 1. The van der Waals surface area contributed by atoms with Crippen LogP contribution in [0.3, 0.4) is 0 Å². The van der Waals surface area contributed by atoms with Crippen LogP contribution in [0.2, 0.25) is 0 Å². The molecule has 2 amide bonds. The van der Waals surface area contributed by atoms with E-state index in [1.54, 1.807) is 0 Å². The first-order chi connectivity index (χ1) is 13.7. The number of hydrogen-bond donors (Lipinski definition) is 1. The molecule has 0 radical (unpaired) electrons. The van der Waals surface area contributed by atoms with E-state index in [0.29, 0.717) is 0 Å². The minimum atomic E-state index is -0.145. The second-order valence-corrected chi connectivity index (χ2v) is 8.33. The van der Waals surface area contributed by atoms with Gasteiger partial charge in [0.05, 0.1) is 0 Å². The first-order valence-corrected chi connectivity index (χ1v) is 10.6. The third-order valence-electron chi connectivity index (χ3n) is 6.21. The maximum Gasteiger partial charge on any atom is 0.317 e. The van der Waals surface area contributed by atoms with Gasteiger partial charge in [-0.15, -0.1) is 0 Å². The van der Waals surface area contributed by atoms with Crippen molar-refractivity contribution in [2.24, 2.45) is 0 Å². The maximum absolute atomic E-state index is 12.9. The number of amides is 2. The van der Waals surface area contributed by atoms with Gasteiger partial charge in [0.2, 0.25) is 0 Å². The number of urea groups is 1. The molecule has 0 aliphatic carbocycles. The highest BCUT2D eigenvalue weighted by Crippen LogP contribution is 2.28. The van der Waals surface area contributed by atoms with Gasteiger partial charge in [-0.25, -0.2) is 4.79 Å². The fourth-order valence-corrected chi connectivity index (χ4v) is 4.54. The smallest absolute Gasteiger partial charge is 0.317 e. The van der Waals surface area contributed by atoms with Crippen LogP contribution in [0.15, 0.2) is 60.7 Å². The van der Waals surface area contributed by atoms with E-state index < -0.39 is 0 Å². The van der Waals surface area contributed by atoms with E-state index in [-0.39, 0.29) is 11.6 Å². The molecule has 2 heterocycles. The van der Waals surface area contributed by atoms with Crippen LogP contribution in [-0.4, -0.2) is 47.5 Å². The second kappa shape index (κ2) is 8.78. The Labute approximate surface area is 168 Å². The molecule has 0 bridgehead atoms. The van der Waals surface area contributed by atoms with E-state index in [9.17, 15) is 4.79 Å². The normalized spacial score (nSPS) is 19.5. The number of rotatable bonds is 5. The summed E-state index contributed by atoms with van der Waals surface area (Å²) >= 11 is 0. The van der Waals surface area contributed by atoms with Crippen molar-refractivity contribution in [2.75, 3.05) is 26.2 Å². The lowest BCUT2D eigenvalue weighted by Crippen LogP contribution is -2.58. The Bertz CT molecular complexity index is 748. The molecular formula is C24H31N3O. The summed E-state index contributed by atoms with van der Waals surface area (Å²) in [5.41, 5.74) is 2.52. The van der Waals surface area contributed by atoms with Crippen LogP contribution in [0, 0.1) is 0 Å². The predicted molar refractivity (Wildman–Crippen MR) is 113 cm³/mol. The summed E-state index contributed by atoms with van der Waals surface area (Å²) in [6.07, 6.45) is 5.16. The lowest BCUT2D eigenvalue weighted by Gasteiger charge is -2.43. The van der Waals surface area contributed by atoms with Gasteiger partial charge in [0, 0.05) is 38.3 Å². The Hall–Kier alpha value is -2.33. The lowest BCUT2D eigenvalue weighted by atomic mass is 9.81. The number of benzene rings is 2. The number of carbonyl (C=O) groups is 1. The molecule has 4 heteroatoms. The van der Waals surface area contributed by atoms with E-state index in [2.05, 4.69) is 70.9 Å². The summed E-state index contributed by atoms with van der Waals surface area (Å²) in [5.74, 6) is 0. The summed E-state index contributed by atoms with van der Waals surface area (Å²) in [6.45, 7) is 4.81. The van der Waals surface area contributed by atoms with E-state index in [1.165, 1.54) is 11.1 Å². The third-order valence-corrected chi connectivity index (χ3v) is 6.21. The molecule has 1 N–H and O–H groups in total. The molecule has 2 aliphatic heterocycles. The zero-order chi connectivity index (χ0) is 19.2. The number of nitrogens with one attached hydrogen (secondary N) is 1. The molecule has 2 saturated heterocycles. The first kappa shape index (κ1) is 19.0. The third kappa shape index (κ3) is 4.74. The van der Waals surface area contributed by atoms with Crippen LogP contribution in [0.5, 0.6) is 0 Å². The van der Waals surface area contributed by atoms with Crippen molar-refractivity contribution in [3.8, 4) is 0 Å². The summed E-state index contributed by atoms with van der Waals surface area (Å²) in [4.78, 5) is 17.4. The molecule has 2 aliphatic rings. The highest BCUT2D eigenvalue weighted by atomic mass is 16.2. The zero-order valence-electron chi connectivity index (χ0n) is 16.6. The lowest BCUT2D eigenvalue weighted by molar-refractivity contribution is 0.124. The highest BCUT2D eigenvalue weighted by molar-refractivity contribution is 5.75. The molecule has 0 spiro atoms. The van der Waals surface area contributed by atoms with Gasteiger partial charge in [-0.2, -0.15) is 0 Å². The van der Waals surface area contributed by atoms with E-state index in [4.69, 9.17) is 0 Å². The van der Waals surface area contributed by atoms with Gasteiger partial charge in [0.25, 0.3) is 0 Å². The van der Waals surface area contributed by atoms with Crippen molar-refractivity contribution in [3.63, 3.8) is 0 Å². The molecule has 4 rings (SSSR count). The van der Waals surface area contributed by atoms with E-state index in [0.717, 1.165) is 64.8 Å². The number of likely N-dealkylation sites (tertiary alicyclic amines) is 2. The predicted octanol–water partition coefficient (Wildman–Crippen LogP) is 4.07. The minimum absolute atomic E-state index is 0.130. The largest absolute Gasteiger partial charge is 0.332 e. The van der Waals surface area contributed by atoms with Crippen LogP contribution < -0.4 is 5.32 Å². The standard InChI is InChI=1S/C24H31N3O/c28-23(27-15-7-8-16-27)25-24(19-21-9-3-1-4-10-21)13-17-26(18-14-24)20-22-11-5-2-6-12-22/h1-6,9-12H,7-8,13-20H2,(H,25,28). The van der Waals surface area contributed by atoms with Crippen molar-refractivity contribution in [1.82, 2.24) is 15.1 Å². The topological polar surface area (TPSA) is 35.6 Å². The van der Waals surface area contributed by atoms with Gasteiger partial charge < -0.3 is 10.2 Å². The van der Waals surface area contributed by atoms with Crippen LogP contribution in [0.25, 0.3) is 0 Å². The van der Waals surface area contributed by atoms with Gasteiger partial charge in [0.1, 0.15) is 0 Å². The van der Waals surface area contributed by atoms with Gasteiger partial charge in [0.15, 0.2) is 0 Å². The second-order valence-electron chi connectivity index (χ2n) is 8.33. The Morgan fingerprint density at radius 1 is 0.821 bits per heavy atom. The van der Waals surface area contributed by atoms with Crippen molar-refractivity contribution < 1.29 is 4.79 Å². The fourth-order valence-electron chi connectivity index (χ4n) is 4.54. The first-order valence-electron chi connectivity index (χ1n) is 10.6. The summed E-state index contributed by atoms with van der Waals surface area (Å²) in [5, 5.41) is 3.47. The van der Waals surface area contributed by atoms with Gasteiger partial charge in [-0.05, 0) is 43.2 Å². The van der Waals surface area contributed by atoms with E-state index in [1.807, 2.05) is 4.90 Å². The van der Waals surface area contributed by atoms with Crippen LogP contribution >= 0.6 is 0 Å². The van der Waals surface area contributed by atoms with Gasteiger partial charge in [-0.1, -0.05) is 60.7 Å². The van der Waals surface area contributed by atoms with Gasteiger partial charge in [-0.3, -0.25) is 4.90 Å². The van der Waals surface area contributed by atoms with Crippen LogP contribution in [0.4, 0.5) is 4.79 Å². The molecule has 0 unspecified atom stereocenters. The molecular weight excluding hydrogens is 346 g/mol. The molecule has 2 aromatic rings. The van der Waals surface area contributed by atoms with Crippen LogP contribution in [-0.2, 0) is 13.0 Å². The number of nitrogens with zero attached hydrogens (tertiary/aromatic N) is 2. The van der Waals surface area contributed by atoms with Crippen molar-refractivity contribution in [2.45, 2.75) is 44.2 Å². The number of hydrogen-bond acceptors (Lipinski definition) is 2. The average Bonchev–Trinajstić information content (AvgIpc) is 3.27. The molecule has 0 atom stereocenters. The highest BCUT2D eigenvalue weighted by Gasteiger charge is 2.37. The Morgan fingerprint density at radius 3 is 2.00 bits per heavy atom. The summed E-state index contributed by atoms with van der Waals surface area (Å²) in [7, 11) is 0.